The fourth-order valence-corrected chi connectivity index (χ4v) is 6.20. The molecule has 8 atom stereocenters. The average molecular weight is 959 g/mol. The first kappa shape index (κ1) is 60.1. The number of nitrogens with one attached hydrogen (secondary N) is 7. The maximum atomic E-state index is 13.7. The van der Waals surface area contributed by atoms with Crippen LogP contribution in [0.25, 0.3) is 0 Å². The first-order chi connectivity index (χ1) is 30.9. The standard InChI is InChI=1S/C40H66N10O17/c1-17(2)11-20(41)33(59)46-23(12-18(3)4)36(62)45-21(7-9-30(53)54)34(60)44-22(8-10-31(55)56)35(61)47-24(14-28(42)51)37(63)48-25(15-29(43)52)38(64)49-26(16-32(57)58)39(65)50-27(40(66)67)13-19(5)6/h17-27H,7-16,41H2,1-6H3,(H2,42,51)(H2,43,52)(H,44,60)(H,45,62)(H,46,59)(H,47,61)(H,48,63)(H,49,64)(H,50,65)(H,53,54)(H,55,56)(H,57,58)(H,66,67)/t20-,21-,22-,23-,24-,25-,26-,27-/m1/s1. The van der Waals surface area contributed by atoms with E-state index in [2.05, 4.69) is 26.6 Å². The number of amides is 9. The summed E-state index contributed by atoms with van der Waals surface area (Å²) in [6.45, 7) is 10.4. The maximum absolute atomic E-state index is 13.7. The van der Waals surface area contributed by atoms with Crippen molar-refractivity contribution in [2.75, 3.05) is 0 Å². The zero-order chi connectivity index (χ0) is 51.9. The molecule has 0 aromatic rings. The van der Waals surface area contributed by atoms with Gasteiger partial charge in [0.2, 0.25) is 53.2 Å². The monoisotopic (exact) mass is 958 g/mol. The smallest absolute Gasteiger partial charge is 0.326 e. The molecule has 0 saturated carbocycles. The van der Waals surface area contributed by atoms with Crippen LogP contribution in [0.3, 0.4) is 0 Å². The molecule has 17 N–H and O–H groups in total. The number of carboxylic acids is 4. The Balaban J connectivity index is 6.71. The molecular formula is C40H66N10O17. The van der Waals surface area contributed by atoms with Crippen molar-refractivity contribution in [1.82, 2.24) is 37.2 Å². The van der Waals surface area contributed by atoms with Gasteiger partial charge in [-0.1, -0.05) is 41.5 Å². The van der Waals surface area contributed by atoms with Crippen LogP contribution in [-0.4, -0.2) is 146 Å². The summed E-state index contributed by atoms with van der Waals surface area (Å²) in [6, 6.07) is -13.5. The number of aliphatic carboxylic acids is 4. The predicted molar refractivity (Wildman–Crippen MR) is 231 cm³/mol. The van der Waals surface area contributed by atoms with E-state index in [-0.39, 0.29) is 37.0 Å². The second-order valence-electron chi connectivity index (χ2n) is 17.1. The molecule has 0 spiro atoms. The van der Waals surface area contributed by atoms with Gasteiger partial charge in [-0.25, -0.2) is 4.79 Å². The number of primary amides is 2. The summed E-state index contributed by atoms with van der Waals surface area (Å²) in [5.41, 5.74) is 16.5. The van der Waals surface area contributed by atoms with Crippen LogP contribution < -0.4 is 54.4 Å². The molecule has 0 heterocycles. The van der Waals surface area contributed by atoms with Gasteiger partial charge in [-0.2, -0.15) is 0 Å². The highest BCUT2D eigenvalue weighted by Crippen LogP contribution is 2.11. The summed E-state index contributed by atoms with van der Waals surface area (Å²) in [4.78, 5) is 164. The van der Waals surface area contributed by atoms with Crippen LogP contribution >= 0.6 is 0 Å². The molecule has 0 aliphatic heterocycles. The molecule has 0 radical (unpaired) electrons. The molecule has 0 aliphatic carbocycles. The van der Waals surface area contributed by atoms with Gasteiger partial charge in [-0.15, -0.1) is 0 Å². The van der Waals surface area contributed by atoms with Crippen molar-refractivity contribution in [3.05, 3.63) is 0 Å². The maximum Gasteiger partial charge on any atom is 0.326 e. The van der Waals surface area contributed by atoms with Gasteiger partial charge in [-0.05, 0) is 49.9 Å². The highest BCUT2D eigenvalue weighted by Gasteiger charge is 2.36. The summed E-state index contributed by atoms with van der Waals surface area (Å²) < 4.78 is 0. The van der Waals surface area contributed by atoms with Gasteiger partial charge in [0.15, 0.2) is 0 Å². The van der Waals surface area contributed by atoms with Crippen LogP contribution in [0, 0.1) is 17.8 Å². The van der Waals surface area contributed by atoms with Gasteiger partial charge in [0.25, 0.3) is 0 Å². The lowest BCUT2D eigenvalue weighted by Gasteiger charge is -2.27. The largest absolute Gasteiger partial charge is 0.481 e. The van der Waals surface area contributed by atoms with E-state index in [9.17, 15) is 82.8 Å². The van der Waals surface area contributed by atoms with E-state index < -0.39 is 170 Å². The fraction of sp³-hybridized carbons (Fsp3) is 0.675. The van der Waals surface area contributed by atoms with Crippen LogP contribution in [0.5, 0.6) is 0 Å². The summed E-state index contributed by atoms with van der Waals surface area (Å²) in [5.74, 6) is -17.3. The first-order valence-electron chi connectivity index (χ1n) is 21.3. The van der Waals surface area contributed by atoms with Crippen molar-refractivity contribution < 1.29 is 82.8 Å². The van der Waals surface area contributed by atoms with Gasteiger partial charge in [-0.3, -0.25) is 57.5 Å². The molecule has 27 heteroatoms. The van der Waals surface area contributed by atoms with E-state index in [4.69, 9.17) is 17.2 Å². The molecule has 0 aromatic carbocycles. The van der Waals surface area contributed by atoms with Crippen molar-refractivity contribution in [2.45, 2.75) is 154 Å². The van der Waals surface area contributed by atoms with E-state index in [0.717, 1.165) is 0 Å². The van der Waals surface area contributed by atoms with Gasteiger partial charge < -0.3 is 74.8 Å². The van der Waals surface area contributed by atoms with Crippen LogP contribution in [0.2, 0.25) is 0 Å². The average Bonchev–Trinajstić information content (AvgIpc) is 3.17. The van der Waals surface area contributed by atoms with E-state index in [0.29, 0.717) is 0 Å². The van der Waals surface area contributed by atoms with E-state index >= 15 is 0 Å². The quantitative estimate of drug-likeness (QED) is 0.0297. The Kier molecular flexibility index (Phi) is 26.5. The highest BCUT2D eigenvalue weighted by atomic mass is 16.4. The zero-order valence-corrected chi connectivity index (χ0v) is 38.3. The molecule has 378 valence electrons. The molecule has 0 rings (SSSR count). The summed E-state index contributed by atoms with van der Waals surface area (Å²) in [7, 11) is 0. The topological polar surface area (TPSA) is 465 Å². The number of hydrogen-bond acceptors (Lipinski definition) is 14. The minimum atomic E-state index is -2.06. The zero-order valence-electron chi connectivity index (χ0n) is 38.3. The third kappa shape index (κ3) is 25.4. The molecule has 9 amide bonds. The third-order valence-corrected chi connectivity index (χ3v) is 9.37. The molecule has 0 unspecified atom stereocenters. The second kappa shape index (κ2) is 29.6. The molecule has 27 nitrogen and oxygen atoms in total. The molecule has 0 aromatic heterocycles. The number of nitrogens with two attached hydrogens (primary N) is 3. The molecule has 67 heavy (non-hydrogen) atoms. The Hall–Kier alpha value is -6.93. The van der Waals surface area contributed by atoms with Crippen molar-refractivity contribution in [3.63, 3.8) is 0 Å². The van der Waals surface area contributed by atoms with E-state index in [1.807, 2.05) is 24.5 Å². The molecular weight excluding hydrogens is 892 g/mol. The first-order valence-corrected chi connectivity index (χ1v) is 21.3. The molecule has 0 bridgehead atoms. The summed E-state index contributed by atoms with van der Waals surface area (Å²) >= 11 is 0. The minimum absolute atomic E-state index is 0.0161. The second-order valence-corrected chi connectivity index (χ2v) is 17.1. The number of carbonyl (C=O) groups is 13. The number of carbonyl (C=O) groups excluding carboxylic acids is 9. The van der Waals surface area contributed by atoms with Crippen molar-refractivity contribution >= 4 is 77.0 Å². The lowest BCUT2D eigenvalue weighted by atomic mass is 10.00. The van der Waals surface area contributed by atoms with Crippen molar-refractivity contribution in [1.29, 1.82) is 0 Å². The fourth-order valence-electron chi connectivity index (χ4n) is 6.20. The lowest BCUT2D eigenvalue weighted by molar-refractivity contribution is -0.144. The number of hydrogen-bond donors (Lipinski definition) is 14. The van der Waals surface area contributed by atoms with Gasteiger partial charge in [0.1, 0.15) is 42.3 Å². The highest BCUT2D eigenvalue weighted by molar-refractivity contribution is 6.00. The van der Waals surface area contributed by atoms with E-state index in [1.165, 1.54) is 0 Å². The normalized spacial score (nSPS) is 14.7. The van der Waals surface area contributed by atoms with Gasteiger partial charge in [0.05, 0.1) is 25.3 Å². The summed E-state index contributed by atoms with van der Waals surface area (Å²) in [5, 5.41) is 53.0. The minimum Gasteiger partial charge on any atom is -0.481 e. The number of carboxylic acid groups (broad SMARTS) is 4. The van der Waals surface area contributed by atoms with E-state index in [1.54, 1.807) is 27.7 Å². The lowest BCUT2D eigenvalue weighted by Crippen LogP contribution is -2.61. The van der Waals surface area contributed by atoms with Crippen LogP contribution in [0.15, 0.2) is 0 Å². The number of rotatable bonds is 33. The van der Waals surface area contributed by atoms with Gasteiger partial charge >= 0.3 is 23.9 Å². The van der Waals surface area contributed by atoms with Crippen LogP contribution in [-0.2, 0) is 62.3 Å². The Morgan fingerprint density at radius 1 is 0.373 bits per heavy atom. The summed E-state index contributed by atoms with van der Waals surface area (Å²) in [6.07, 6.45) is -5.81. The van der Waals surface area contributed by atoms with Crippen LogP contribution in [0.4, 0.5) is 0 Å². The van der Waals surface area contributed by atoms with Crippen molar-refractivity contribution in [2.24, 2.45) is 35.0 Å². The Labute approximate surface area is 385 Å². The Bertz CT molecular complexity index is 1820. The third-order valence-electron chi connectivity index (χ3n) is 9.37. The van der Waals surface area contributed by atoms with Gasteiger partial charge in [0, 0.05) is 12.8 Å². The predicted octanol–water partition coefficient (Wildman–Crippen LogP) is -4.11. The SMILES string of the molecule is CC(C)C[C@@H](N)C(=O)N[C@H](CC(C)C)C(=O)N[C@H](CCC(=O)O)C(=O)N[C@H](CCC(=O)O)C(=O)N[C@H](CC(N)=O)C(=O)N[C@H](CC(N)=O)C(=O)N[C@H](CC(=O)O)C(=O)N[C@H](CC(C)C)C(=O)O. The van der Waals surface area contributed by atoms with Crippen LogP contribution in [0.1, 0.15) is 106 Å². The Morgan fingerprint density at radius 3 is 0.970 bits per heavy atom. The van der Waals surface area contributed by atoms with Crippen molar-refractivity contribution in [3.8, 4) is 0 Å². The molecule has 0 aliphatic rings. The molecule has 0 fully saturated rings. The Morgan fingerprint density at radius 2 is 0.657 bits per heavy atom. The molecule has 0 saturated heterocycles.